The van der Waals surface area contributed by atoms with Crippen molar-refractivity contribution in [2.45, 2.75) is 20.4 Å². The first kappa shape index (κ1) is 11.4. The van der Waals surface area contributed by atoms with Gasteiger partial charge in [0.05, 0.1) is 17.3 Å². The van der Waals surface area contributed by atoms with E-state index in [9.17, 15) is 0 Å². The molecule has 0 bridgehead atoms. The van der Waals surface area contributed by atoms with Crippen LogP contribution in [0, 0.1) is 18.3 Å². The van der Waals surface area contributed by atoms with Crippen LogP contribution < -0.4 is 0 Å². The summed E-state index contributed by atoms with van der Waals surface area (Å²) in [6.45, 7) is 4.79. The molecule has 2 aromatic heterocycles. The van der Waals surface area contributed by atoms with Gasteiger partial charge in [-0.3, -0.25) is 0 Å². The first-order valence-electron chi connectivity index (χ1n) is 6.03. The largest absolute Gasteiger partial charge is 0.310 e. The van der Waals surface area contributed by atoms with Gasteiger partial charge in [-0.25, -0.2) is 4.98 Å². The molecule has 0 saturated heterocycles. The molecule has 0 amide bonds. The van der Waals surface area contributed by atoms with Crippen LogP contribution in [0.25, 0.3) is 17.0 Å². The Balaban J connectivity index is 2.16. The fraction of sp³-hybridized carbons (Fsp3) is 0.231. The molecule has 6 nitrogen and oxygen atoms in total. The molecule has 0 atom stereocenters. The molecule has 0 aliphatic heterocycles. The van der Waals surface area contributed by atoms with E-state index >= 15 is 0 Å². The van der Waals surface area contributed by atoms with Gasteiger partial charge in [0.2, 0.25) is 11.3 Å². The van der Waals surface area contributed by atoms with Crippen molar-refractivity contribution < 1.29 is 0 Å². The minimum Gasteiger partial charge on any atom is -0.310 e. The molecule has 3 rings (SSSR count). The van der Waals surface area contributed by atoms with Crippen molar-refractivity contribution in [1.82, 2.24) is 24.5 Å². The van der Waals surface area contributed by atoms with E-state index in [-0.39, 0.29) is 0 Å². The van der Waals surface area contributed by atoms with Gasteiger partial charge in [-0.1, -0.05) is 6.07 Å². The van der Waals surface area contributed by atoms with Crippen LogP contribution in [0.2, 0.25) is 0 Å². The topological polar surface area (TPSA) is 72.3 Å². The van der Waals surface area contributed by atoms with Crippen molar-refractivity contribution >= 4 is 11.3 Å². The second-order valence-electron chi connectivity index (χ2n) is 4.20. The summed E-state index contributed by atoms with van der Waals surface area (Å²) in [5.41, 5.74) is 2.74. The maximum Gasteiger partial charge on any atom is 0.221 e. The lowest BCUT2D eigenvalue weighted by atomic mass is 10.2. The SMILES string of the molecule is CCn1c(C)nc2nn(-c3cccc(C#N)c3)nc21. The lowest BCUT2D eigenvalue weighted by Crippen LogP contribution is -2.03. The van der Waals surface area contributed by atoms with Crippen molar-refractivity contribution in [2.75, 3.05) is 0 Å². The highest BCUT2D eigenvalue weighted by Gasteiger charge is 2.13. The molecule has 19 heavy (non-hydrogen) atoms. The quantitative estimate of drug-likeness (QED) is 0.697. The molecule has 0 fully saturated rings. The van der Waals surface area contributed by atoms with Crippen molar-refractivity contribution in [3.63, 3.8) is 0 Å². The highest BCUT2D eigenvalue weighted by Crippen LogP contribution is 2.14. The number of hydrogen-bond donors (Lipinski definition) is 0. The summed E-state index contributed by atoms with van der Waals surface area (Å²) in [6, 6.07) is 9.29. The Labute approximate surface area is 109 Å². The molecule has 0 spiro atoms. The Hall–Kier alpha value is -2.68. The predicted octanol–water partition coefficient (Wildman–Crippen LogP) is 1.82. The average molecular weight is 252 g/mol. The molecule has 0 aliphatic carbocycles. The Morgan fingerprint density at radius 1 is 1.32 bits per heavy atom. The zero-order valence-corrected chi connectivity index (χ0v) is 10.7. The monoisotopic (exact) mass is 252 g/mol. The molecule has 2 heterocycles. The normalized spacial score (nSPS) is 10.8. The molecule has 6 heteroatoms. The Morgan fingerprint density at radius 2 is 2.16 bits per heavy atom. The first-order valence-corrected chi connectivity index (χ1v) is 6.03. The van der Waals surface area contributed by atoms with Crippen LogP contribution in [0.1, 0.15) is 18.3 Å². The molecule has 0 unspecified atom stereocenters. The Morgan fingerprint density at radius 3 is 2.89 bits per heavy atom. The van der Waals surface area contributed by atoms with Crippen LogP contribution >= 0.6 is 0 Å². The molecule has 3 aromatic rings. The van der Waals surface area contributed by atoms with Gasteiger partial charge >= 0.3 is 0 Å². The lowest BCUT2D eigenvalue weighted by Gasteiger charge is -2.01. The summed E-state index contributed by atoms with van der Waals surface area (Å²) in [5.74, 6) is 0.908. The number of nitriles is 1. The van der Waals surface area contributed by atoms with E-state index in [0.29, 0.717) is 11.2 Å². The number of fused-ring (bicyclic) bond motifs is 1. The number of hydrogen-bond acceptors (Lipinski definition) is 4. The maximum atomic E-state index is 8.91. The molecule has 0 saturated carbocycles. The van der Waals surface area contributed by atoms with Crippen molar-refractivity contribution in [3.05, 3.63) is 35.7 Å². The number of benzene rings is 1. The second kappa shape index (κ2) is 4.21. The van der Waals surface area contributed by atoms with Crippen LogP contribution in [0.5, 0.6) is 0 Å². The first-order chi connectivity index (χ1) is 9.22. The van der Waals surface area contributed by atoms with Gasteiger partial charge in [0.1, 0.15) is 5.82 Å². The van der Waals surface area contributed by atoms with E-state index in [1.165, 1.54) is 4.80 Å². The number of rotatable bonds is 2. The van der Waals surface area contributed by atoms with E-state index in [0.717, 1.165) is 23.7 Å². The summed E-state index contributed by atoms with van der Waals surface area (Å²) < 4.78 is 2.01. The van der Waals surface area contributed by atoms with Crippen LogP contribution in [0.15, 0.2) is 24.3 Å². The van der Waals surface area contributed by atoms with Crippen LogP contribution in [0.4, 0.5) is 0 Å². The van der Waals surface area contributed by atoms with Gasteiger partial charge in [-0.2, -0.15) is 5.26 Å². The van der Waals surface area contributed by atoms with Crippen molar-refractivity contribution in [3.8, 4) is 11.8 Å². The van der Waals surface area contributed by atoms with Gasteiger partial charge < -0.3 is 4.57 Å². The molecule has 0 aliphatic rings. The summed E-state index contributed by atoms with van der Waals surface area (Å²) in [6.07, 6.45) is 0. The van der Waals surface area contributed by atoms with E-state index in [4.69, 9.17) is 5.26 Å². The van der Waals surface area contributed by atoms with Gasteiger partial charge in [-0.05, 0) is 32.0 Å². The van der Waals surface area contributed by atoms with Gasteiger partial charge in [-0.15, -0.1) is 15.0 Å². The standard InChI is InChI=1S/C13H12N6/c1-3-18-9(2)15-12-13(18)17-19(16-12)11-6-4-5-10(7-11)8-14/h4-7H,3H2,1-2H3. The second-order valence-corrected chi connectivity index (χ2v) is 4.20. The fourth-order valence-corrected chi connectivity index (χ4v) is 2.10. The van der Waals surface area contributed by atoms with Gasteiger partial charge in [0.25, 0.3) is 0 Å². The summed E-state index contributed by atoms with van der Waals surface area (Å²) in [5, 5.41) is 17.7. The lowest BCUT2D eigenvalue weighted by molar-refractivity contribution is 0.704. The Bertz CT molecular complexity index is 789. The Kier molecular flexibility index (Phi) is 2.53. The molecular weight excluding hydrogens is 240 g/mol. The minimum atomic E-state index is 0.585. The van der Waals surface area contributed by atoms with E-state index in [2.05, 4.69) is 21.3 Å². The van der Waals surface area contributed by atoms with Gasteiger partial charge in [0, 0.05) is 6.54 Å². The van der Waals surface area contributed by atoms with Crippen molar-refractivity contribution in [1.29, 1.82) is 5.26 Å². The van der Waals surface area contributed by atoms with Crippen LogP contribution in [0.3, 0.4) is 0 Å². The molecular formula is C13H12N6. The number of imidazole rings is 1. The number of nitrogens with zero attached hydrogens (tertiary/aromatic N) is 6. The third kappa shape index (κ3) is 1.76. The van der Waals surface area contributed by atoms with E-state index in [1.807, 2.05) is 30.5 Å². The van der Waals surface area contributed by atoms with Gasteiger partial charge in [0.15, 0.2) is 0 Å². The van der Waals surface area contributed by atoms with E-state index in [1.54, 1.807) is 12.1 Å². The summed E-state index contributed by atoms with van der Waals surface area (Å²) >= 11 is 0. The van der Waals surface area contributed by atoms with Crippen LogP contribution in [-0.2, 0) is 6.54 Å². The van der Waals surface area contributed by atoms with E-state index < -0.39 is 0 Å². The highest BCUT2D eigenvalue weighted by molar-refractivity contribution is 5.66. The number of aryl methyl sites for hydroxylation is 2. The zero-order chi connectivity index (χ0) is 13.4. The average Bonchev–Trinajstić information content (AvgIpc) is 2.95. The summed E-state index contributed by atoms with van der Waals surface area (Å²) in [7, 11) is 0. The molecule has 0 radical (unpaired) electrons. The third-order valence-electron chi connectivity index (χ3n) is 3.02. The molecule has 94 valence electrons. The third-order valence-corrected chi connectivity index (χ3v) is 3.02. The summed E-state index contributed by atoms with van der Waals surface area (Å²) in [4.78, 5) is 5.89. The van der Waals surface area contributed by atoms with Crippen LogP contribution in [-0.4, -0.2) is 24.5 Å². The zero-order valence-electron chi connectivity index (χ0n) is 10.7. The number of aromatic nitrogens is 5. The smallest absolute Gasteiger partial charge is 0.221 e. The highest BCUT2D eigenvalue weighted by atomic mass is 15.5. The molecule has 0 N–H and O–H groups in total. The molecule has 1 aromatic carbocycles. The van der Waals surface area contributed by atoms with Crippen molar-refractivity contribution in [2.24, 2.45) is 0 Å². The minimum absolute atomic E-state index is 0.585. The fourth-order valence-electron chi connectivity index (χ4n) is 2.10. The maximum absolute atomic E-state index is 8.91. The predicted molar refractivity (Wildman–Crippen MR) is 69.8 cm³/mol.